The summed E-state index contributed by atoms with van der Waals surface area (Å²) in [6.07, 6.45) is 2.06. The van der Waals surface area contributed by atoms with Crippen molar-refractivity contribution in [1.29, 1.82) is 5.26 Å². The number of hydrogen-bond acceptors (Lipinski definition) is 2. The number of furan rings is 1. The maximum absolute atomic E-state index is 10.2. The molecule has 210 valence electrons. The summed E-state index contributed by atoms with van der Waals surface area (Å²) in [4.78, 5) is 0. The first-order chi connectivity index (χ1) is 19.2. The fourth-order valence-corrected chi connectivity index (χ4v) is 13.3. The van der Waals surface area contributed by atoms with E-state index >= 15 is 0 Å². The second-order valence-electron chi connectivity index (χ2n) is 14.5. The third-order valence-electron chi connectivity index (χ3n) is 8.16. The van der Waals surface area contributed by atoms with Crippen molar-refractivity contribution in [2.75, 3.05) is 0 Å². The monoisotopic (exact) mass is 559 g/mol. The Hall–Kier alpha value is -3.68. The summed E-state index contributed by atoms with van der Waals surface area (Å²) < 4.78 is 8.91. The van der Waals surface area contributed by atoms with Gasteiger partial charge in [0.2, 0.25) is 5.69 Å². The van der Waals surface area contributed by atoms with Gasteiger partial charge in [0, 0.05) is 28.5 Å². The molecule has 0 bridgehead atoms. The van der Waals surface area contributed by atoms with Crippen LogP contribution in [0.4, 0.5) is 0 Å². The lowest BCUT2D eigenvalue weighted by Gasteiger charge is -2.39. The molecule has 0 N–H and O–H groups in total. The van der Waals surface area contributed by atoms with Gasteiger partial charge in [0.15, 0.2) is 6.20 Å². The van der Waals surface area contributed by atoms with Crippen molar-refractivity contribution in [3.8, 4) is 28.5 Å². The summed E-state index contributed by atoms with van der Waals surface area (Å²) in [6, 6.07) is 28.6. The Kier molecular flexibility index (Phi) is 7.24. The normalized spacial score (nSPS) is 12.7. The summed E-state index contributed by atoms with van der Waals surface area (Å²) in [5.74, 6) is 0. The van der Waals surface area contributed by atoms with Gasteiger partial charge in [-0.15, -0.1) is 0 Å². The fraction of sp³-hybridized carbons (Fsp3) is 0.351. The molecule has 4 heteroatoms. The highest BCUT2D eigenvalue weighted by atomic mass is 28.3. The summed E-state index contributed by atoms with van der Waals surface area (Å²) in [5.41, 5.74) is 8.07. The Morgan fingerprint density at radius 2 is 1.37 bits per heavy atom. The van der Waals surface area contributed by atoms with Crippen molar-refractivity contribution in [3.63, 3.8) is 0 Å². The first-order valence-corrected chi connectivity index (χ1v) is 17.6. The number of pyridine rings is 1. The first kappa shape index (κ1) is 28.8. The molecular formula is C37H43N2OSi+. The maximum atomic E-state index is 10.2. The van der Waals surface area contributed by atoms with E-state index in [4.69, 9.17) is 4.42 Å². The summed E-state index contributed by atoms with van der Waals surface area (Å²) in [5, 5.41) is 13.8. The Bertz CT molecular complexity index is 1770. The second-order valence-corrected chi connectivity index (χ2v) is 18.9. The van der Waals surface area contributed by atoms with Crippen molar-refractivity contribution in [1.82, 2.24) is 0 Å². The lowest BCUT2D eigenvalue weighted by atomic mass is 9.96. The number of aryl methyl sites for hydroxylation is 2. The predicted molar refractivity (Wildman–Crippen MR) is 175 cm³/mol. The zero-order chi connectivity index (χ0) is 29.7. The molecule has 2 heterocycles. The van der Waals surface area contributed by atoms with Gasteiger partial charge in [0.05, 0.1) is 25.3 Å². The van der Waals surface area contributed by atoms with Crippen LogP contribution in [0.25, 0.3) is 44.3 Å². The molecule has 41 heavy (non-hydrogen) atoms. The van der Waals surface area contributed by atoms with E-state index in [0.29, 0.717) is 5.56 Å². The lowest BCUT2D eigenvalue weighted by molar-refractivity contribution is -0.660. The predicted octanol–water partition coefficient (Wildman–Crippen LogP) is 9.30. The standard InChI is InChI=1S/C37H43N2OSi/c1-25-13-19-29-30-20-16-27(22-38)33(35(30)40-34(29)32(25)31-12-10-11-21-39(31)8)26-14-17-28(18-15-26)41(9,23-36(2,3)4)24-37(5,6)7/h10-21H,23-24H2,1-9H3/q+1. The molecule has 0 aliphatic heterocycles. The number of benzene rings is 3. The highest BCUT2D eigenvalue weighted by Gasteiger charge is 2.37. The number of nitriles is 1. The van der Waals surface area contributed by atoms with Crippen molar-refractivity contribution >= 4 is 35.2 Å². The summed E-state index contributed by atoms with van der Waals surface area (Å²) in [7, 11) is 0.293. The molecule has 0 radical (unpaired) electrons. The SMILES string of the molecule is Cc1ccc2c(oc3c(-c4ccc([Si](C)(CC(C)(C)C)CC(C)(C)C)cc4)c(C#N)ccc32)c1-c1cccc[n+]1C. The molecule has 0 fully saturated rings. The zero-order valence-electron chi connectivity index (χ0n) is 26.1. The van der Waals surface area contributed by atoms with Crippen molar-refractivity contribution in [2.24, 2.45) is 17.9 Å². The topological polar surface area (TPSA) is 40.8 Å². The average molecular weight is 560 g/mol. The van der Waals surface area contributed by atoms with Crippen LogP contribution in [0.1, 0.15) is 52.7 Å². The molecule has 0 saturated heterocycles. The summed E-state index contributed by atoms with van der Waals surface area (Å²) in [6.45, 7) is 18.9. The van der Waals surface area contributed by atoms with E-state index in [1.165, 1.54) is 17.3 Å². The average Bonchev–Trinajstić information content (AvgIpc) is 3.25. The Labute approximate surface area is 246 Å². The highest BCUT2D eigenvalue weighted by molar-refractivity contribution is 6.91. The smallest absolute Gasteiger partial charge is 0.216 e. The van der Waals surface area contributed by atoms with Gasteiger partial charge in [0.1, 0.15) is 18.2 Å². The molecule has 3 aromatic carbocycles. The minimum Gasteiger partial charge on any atom is -0.454 e. The van der Waals surface area contributed by atoms with Gasteiger partial charge in [-0.1, -0.05) is 89.7 Å². The van der Waals surface area contributed by atoms with E-state index < -0.39 is 8.07 Å². The van der Waals surface area contributed by atoms with E-state index in [2.05, 4.69) is 127 Å². The zero-order valence-corrected chi connectivity index (χ0v) is 27.1. The van der Waals surface area contributed by atoms with Gasteiger partial charge in [0.25, 0.3) is 0 Å². The number of fused-ring (bicyclic) bond motifs is 3. The first-order valence-electron chi connectivity index (χ1n) is 14.7. The number of aromatic nitrogens is 1. The third kappa shape index (κ3) is 5.61. The van der Waals surface area contributed by atoms with Crippen molar-refractivity contribution < 1.29 is 8.98 Å². The maximum Gasteiger partial charge on any atom is 0.216 e. The molecule has 0 atom stereocenters. The molecule has 0 saturated carbocycles. The quantitative estimate of drug-likeness (QED) is 0.159. The van der Waals surface area contributed by atoms with Crippen LogP contribution in [-0.2, 0) is 7.05 Å². The van der Waals surface area contributed by atoms with Crippen molar-refractivity contribution in [3.05, 3.63) is 84.1 Å². The Balaban J connectivity index is 1.71. The van der Waals surface area contributed by atoms with Crippen LogP contribution in [0, 0.1) is 29.1 Å². The number of nitrogens with zero attached hydrogens (tertiary/aromatic N) is 2. The number of hydrogen-bond donors (Lipinski definition) is 0. The van der Waals surface area contributed by atoms with Crippen LogP contribution < -0.4 is 9.75 Å². The van der Waals surface area contributed by atoms with Gasteiger partial charge in [-0.05, 0) is 59.2 Å². The van der Waals surface area contributed by atoms with Gasteiger partial charge in [-0.3, -0.25) is 0 Å². The summed E-state index contributed by atoms with van der Waals surface area (Å²) >= 11 is 0. The van der Waals surface area contributed by atoms with Gasteiger partial charge < -0.3 is 4.42 Å². The fourth-order valence-electron chi connectivity index (χ4n) is 7.13. The van der Waals surface area contributed by atoms with Crippen LogP contribution in [0.2, 0.25) is 18.6 Å². The molecule has 2 aromatic heterocycles. The van der Waals surface area contributed by atoms with Crippen LogP contribution >= 0.6 is 0 Å². The van der Waals surface area contributed by atoms with Gasteiger partial charge >= 0.3 is 0 Å². The lowest BCUT2D eigenvalue weighted by Crippen LogP contribution is -2.49. The molecule has 0 amide bonds. The van der Waals surface area contributed by atoms with Crippen LogP contribution in [0.3, 0.4) is 0 Å². The van der Waals surface area contributed by atoms with E-state index in [1.807, 2.05) is 18.2 Å². The van der Waals surface area contributed by atoms with Gasteiger partial charge in [-0.25, -0.2) is 4.57 Å². The van der Waals surface area contributed by atoms with E-state index in [-0.39, 0.29) is 10.8 Å². The molecule has 3 nitrogen and oxygen atoms in total. The molecule has 5 rings (SSSR count). The van der Waals surface area contributed by atoms with Crippen LogP contribution in [0.15, 0.2) is 77.3 Å². The molecule has 5 aromatic rings. The molecule has 0 spiro atoms. The molecular weight excluding hydrogens is 517 g/mol. The van der Waals surface area contributed by atoms with Crippen LogP contribution in [0.5, 0.6) is 0 Å². The second kappa shape index (κ2) is 10.3. The third-order valence-corrected chi connectivity index (χ3v) is 13.6. The van der Waals surface area contributed by atoms with Crippen LogP contribution in [-0.4, -0.2) is 8.07 Å². The van der Waals surface area contributed by atoms with E-state index in [0.717, 1.165) is 49.9 Å². The van der Waals surface area contributed by atoms with Crippen molar-refractivity contribution in [2.45, 2.75) is 67.1 Å². The minimum absolute atomic E-state index is 0.268. The Morgan fingerprint density at radius 1 is 0.780 bits per heavy atom. The molecule has 0 aliphatic carbocycles. The highest BCUT2D eigenvalue weighted by Crippen LogP contribution is 2.42. The van der Waals surface area contributed by atoms with E-state index in [1.54, 1.807) is 0 Å². The Morgan fingerprint density at radius 3 is 1.93 bits per heavy atom. The molecule has 0 unspecified atom stereocenters. The number of rotatable bonds is 5. The van der Waals surface area contributed by atoms with Gasteiger partial charge in [-0.2, -0.15) is 5.26 Å². The largest absolute Gasteiger partial charge is 0.454 e. The van der Waals surface area contributed by atoms with E-state index in [9.17, 15) is 5.26 Å². The molecule has 0 aliphatic rings. The minimum atomic E-state index is -1.77.